The van der Waals surface area contributed by atoms with Gasteiger partial charge in [0.15, 0.2) is 6.29 Å². The summed E-state index contributed by atoms with van der Waals surface area (Å²) >= 11 is 0. The summed E-state index contributed by atoms with van der Waals surface area (Å²) in [4.78, 5) is 0. The molecule has 0 saturated heterocycles. The minimum atomic E-state index is -0.335. The van der Waals surface area contributed by atoms with Gasteiger partial charge in [-0.15, -0.1) is 0 Å². The van der Waals surface area contributed by atoms with Crippen LogP contribution in [-0.4, -0.2) is 19.5 Å². The second-order valence-corrected chi connectivity index (χ2v) is 8.93. The maximum atomic E-state index is 5.94. The van der Waals surface area contributed by atoms with Gasteiger partial charge in [0.1, 0.15) is 18.1 Å². The van der Waals surface area contributed by atoms with Gasteiger partial charge in [0, 0.05) is 5.39 Å². The van der Waals surface area contributed by atoms with Crippen LogP contribution in [0, 0.1) is 11.8 Å². The van der Waals surface area contributed by atoms with E-state index < -0.39 is 0 Å². The lowest BCUT2D eigenvalue weighted by molar-refractivity contribution is -0.0738. The van der Waals surface area contributed by atoms with E-state index >= 15 is 0 Å². The summed E-state index contributed by atoms with van der Waals surface area (Å²) in [6.07, 6.45) is 0.868. The molecule has 31 heavy (non-hydrogen) atoms. The molecule has 0 radical (unpaired) electrons. The van der Waals surface area contributed by atoms with Gasteiger partial charge in [0.2, 0.25) is 0 Å². The van der Waals surface area contributed by atoms with Crippen molar-refractivity contribution in [1.82, 2.24) is 0 Å². The zero-order chi connectivity index (χ0) is 22.2. The number of benzene rings is 3. The van der Waals surface area contributed by atoms with Crippen LogP contribution in [0.2, 0.25) is 0 Å². The predicted octanol–water partition coefficient (Wildman–Crippen LogP) is 7.45. The third-order valence-electron chi connectivity index (χ3n) is 5.58. The second kappa shape index (κ2) is 11.2. The van der Waals surface area contributed by atoms with E-state index in [-0.39, 0.29) is 6.29 Å². The molecular formula is C28H36O3. The van der Waals surface area contributed by atoms with E-state index in [1.807, 2.05) is 31.2 Å². The molecule has 3 aromatic carbocycles. The fraction of sp³-hybridized carbons (Fsp3) is 0.429. The Morgan fingerprint density at radius 1 is 0.742 bits per heavy atom. The fourth-order valence-corrected chi connectivity index (χ4v) is 4.01. The highest BCUT2D eigenvalue weighted by Crippen LogP contribution is 2.32. The average molecular weight is 421 g/mol. The number of fused-ring (bicyclic) bond motifs is 1. The van der Waals surface area contributed by atoms with Crippen LogP contribution in [0.3, 0.4) is 0 Å². The monoisotopic (exact) mass is 420 g/mol. The molecule has 0 aliphatic heterocycles. The van der Waals surface area contributed by atoms with Gasteiger partial charge in [-0.2, -0.15) is 0 Å². The van der Waals surface area contributed by atoms with Gasteiger partial charge in [-0.05, 0) is 60.2 Å². The van der Waals surface area contributed by atoms with Crippen LogP contribution in [0.5, 0.6) is 11.5 Å². The zero-order valence-corrected chi connectivity index (χ0v) is 19.5. The molecule has 0 bridgehead atoms. The first kappa shape index (κ1) is 23.1. The van der Waals surface area contributed by atoms with Crippen molar-refractivity contribution in [2.45, 2.75) is 53.2 Å². The Morgan fingerprint density at radius 2 is 1.45 bits per heavy atom. The predicted molar refractivity (Wildman–Crippen MR) is 129 cm³/mol. The lowest BCUT2D eigenvalue weighted by Crippen LogP contribution is -2.20. The van der Waals surface area contributed by atoms with E-state index in [2.05, 4.69) is 70.2 Å². The Kier molecular flexibility index (Phi) is 8.36. The van der Waals surface area contributed by atoms with Gasteiger partial charge in [0.05, 0.1) is 6.61 Å². The zero-order valence-electron chi connectivity index (χ0n) is 19.5. The first-order chi connectivity index (χ1) is 14.9. The summed E-state index contributed by atoms with van der Waals surface area (Å²) in [6, 6.07) is 22.8. The average Bonchev–Trinajstić information content (AvgIpc) is 2.75. The van der Waals surface area contributed by atoms with Gasteiger partial charge in [-0.3, -0.25) is 0 Å². The van der Waals surface area contributed by atoms with Crippen molar-refractivity contribution in [3.8, 4) is 11.5 Å². The van der Waals surface area contributed by atoms with E-state index in [1.165, 1.54) is 17.4 Å². The van der Waals surface area contributed by atoms with Crippen molar-refractivity contribution in [1.29, 1.82) is 0 Å². The molecule has 166 valence electrons. The Bertz CT molecular complexity index is 925. The highest BCUT2D eigenvalue weighted by Gasteiger charge is 2.17. The Hall–Kier alpha value is -2.52. The van der Waals surface area contributed by atoms with Crippen molar-refractivity contribution in [3.05, 3.63) is 72.3 Å². The van der Waals surface area contributed by atoms with E-state index in [1.54, 1.807) is 0 Å². The van der Waals surface area contributed by atoms with Crippen molar-refractivity contribution in [3.63, 3.8) is 0 Å². The SMILES string of the molecule is CC(C)CC(c1ccc(OC(C)OCCOc2cccc3ccccc23)cc1)C(C)C. The minimum Gasteiger partial charge on any atom is -0.491 e. The molecule has 0 aliphatic carbocycles. The molecule has 0 heterocycles. The first-order valence-electron chi connectivity index (χ1n) is 11.4. The topological polar surface area (TPSA) is 27.7 Å². The summed E-state index contributed by atoms with van der Waals surface area (Å²) < 4.78 is 17.7. The quantitative estimate of drug-likeness (QED) is 0.238. The molecule has 0 aromatic heterocycles. The summed E-state index contributed by atoms with van der Waals surface area (Å²) in [7, 11) is 0. The highest BCUT2D eigenvalue weighted by atomic mass is 16.7. The molecule has 3 nitrogen and oxygen atoms in total. The number of hydrogen-bond acceptors (Lipinski definition) is 3. The smallest absolute Gasteiger partial charge is 0.197 e. The fourth-order valence-electron chi connectivity index (χ4n) is 4.01. The largest absolute Gasteiger partial charge is 0.491 e. The van der Waals surface area contributed by atoms with Crippen LogP contribution in [-0.2, 0) is 4.74 Å². The number of rotatable bonds is 11. The Morgan fingerprint density at radius 3 is 2.16 bits per heavy atom. The highest BCUT2D eigenvalue weighted by molar-refractivity contribution is 5.88. The molecule has 2 atom stereocenters. The van der Waals surface area contributed by atoms with Gasteiger partial charge >= 0.3 is 0 Å². The van der Waals surface area contributed by atoms with Crippen LogP contribution >= 0.6 is 0 Å². The van der Waals surface area contributed by atoms with Gasteiger partial charge < -0.3 is 14.2 Å². The summed E-state index contributed by atoms with van der Waals surface area (Å²) in [5.41, 5.74) is 1.38. The third kappa shape index (κ3) is 6.73. The van der Waals surface area contributed by atoms with E-state index in [9.17, 15) is 0 Å². The molecule has 0 aliphatic rings. The summed E-state index contributed by atoms with van der Waals surface area (Å²) in [5, 5.41) is 2.29. The standard InChI is InChI=1S/C28H36O3/c1-20(2)19-27(21(3)4)24-13-15-25(16-14-24)31-22(5)29-17-18-30-28-12-8-10-23-9-6-7-11-26(23)28/h6-16,20-22,27H,17-19H2,1-5H3. The molecule has 0 amide bonds. The molecule has 3 rings (SSSR count). The van der Waals surface area contributed by atoms with Crippen molar-refractivity contribution in [2.75, 3.05) is 13.2 Å². The lowest BCUT2D eigenvalue weighted by atomic mass is 9.82. The molecule has 3 aromatic rings. The van der Waals surface area contributed by atoms with Crippen LogP contribution in [0.25, 0.3) is 10.8 Å². The van der Waals surface area contributed by atoms with E-state index in [0.29, 0.717) is 31.0 Å². The van der Waals surface area contributed by atoms with E-state index in [4.69, 9.17) is 14.2 Å². The summed E-state index contributed by atoms with van der Waals surface area (Å²) in [6.45, 7) is 12.0. The van der Waals surface area contributed by atoms with Crippen LogP contribution < -0.4 is 9.47 Å². The normalized spacial score (nSPS) is 13.5. The van der Waals surface area contributed by atoms with Gasteiger partial charge in [-0.25, -0.2) is 0 Å². The number of hydrogen-bond donors (Lipinski definition) is 0. The Balaban J connectivity index is 1.46. The molecule has 3 heteroatoms. The van der Waals surface area contributed by atoms with Crippen LogP contribution in [0.15, 0.2) is 66.7 Å². The Labute approximate surface area is 187 Å². The minimum absolute atomic E-state index is 0.335. The van der Waals surface area contributed by atoms with Crippen LogP contribution in [0.1, 0.15) is 52.5 Å². The maximum Gasteiger partial charge on any atom is 0.197 e. The molecule has 0 spiro atoms. The van der Waals surface area contributed by atoms with E-state index in [0.717, 1.165) is 16.9 Å². The number of ether oxygens (including phenoxy) is 3. The molecule has 0 saturated carbocycles. The van der Waals surface area contributed by atoms with Gasteiger partial charge in [-0.1, -0.05) is 76.2 Å². The maximum absolute atomic E-state index is 5.94. The van der Waals surface area contributed by atoms with Crippen LogP contribution in [0.4, 0.5) is 0 Å². The first-order valence-corrected chi connectivity index (χ1v) is 11.4. The lowest BCUT2D eigenvalue weighted by Gasteiger charge is -2.24. The third-order valence-corrected chi connectivity index (χ3v) is 5.58. The molecular weight excluding hydrogens is 384 g/mol. The molecule has 2 unspecified atom stereocenters. The summed E-state index contributed by atoms with van der Waals surface area (Å²) in [5.74, 6) is 3.60. The second-order valence-electron chi connectivity index (χ2n) is 8.93. The molecule has 0 N–H and O–H groups in total. The van der Waals surface area contributed by atoms with Gasteiger partial charge in [0.25, 0.3) is 0 Å². The molecule has 0 fully saturated rings. The van der Waals surface area contributed by atoms with Crippen molar-refractivity contribution < 1.29 is 14.2 Å². The van der Waals surface area contributed by atoms with Crippen molar-refractivity contribution in [2.24, 2.45) is 11.8 Å². The van der Waals surface area contributed by atoms with Crippen molar-refractivity contribution >= 4 is 10.8 Å².